The monoisotopic (exact) mass is 420 g/mol. The van der Waals surface area contributed by atoms with E-state index in [-0.39, 0.29) is 12.3 Å². The molecule has 1 aromatic heterocycles. The van der Waals surface area contributed by atoms with Gasteiger partial charge in [-0.2, -0.15) is 0 Å². The number of rotatable bonds is 12. The Morgan fingerprint density at radius 1 is 1.23 bits per heavy atom. The van der Waals surface area contributed by atoms with Crippen molar-refractivity contribution in [1.29, 1.82) is 0 Å². The number of hydrogen-bond acceptors (Lipinski definition) is 5. The molecule has 0 fully saturated rings. The highest BCUT2D eigenvalue weighted by Crippen LogP contribution is 2.21. The Kier molecular flexibility index (Phi) is 8.46. The summed E-state index contributed by atoms with van der Waals surface area (Å²) >= 11 is 0. The lowest BCUT2D eigenvalue weighted by atomic mass is 10.0. The first-order valence-electron chi connectivity index (χ1n) is 10.1. The molecule has 2 rings (SSSR count). The van der Waals surface area contributed by atoms with E-state index in [2.05, 4.69) is 15.6 Å². The molecule has 1 unspecified atom stereocenters. The second kappa shape index (κ2) is 10.8. The topological polar surface area (TPSA) is 117 Å². The van der Waals surface area contributed by atoms with E-state index in [0.29, 0.717) is 24.2 Å². The zero-order valence-electron chi connectivity index (χ0n) is 17.4. The molecular weight excluding hydrogens is 391 g/mol. The SMILES string of the molecule is CCC(C)(O)c1cn(CCCCCCNC(=O)Cc2ccc(C(=O)O)c(F)c2)nn1. The van der Waals surface area contributed by atoms with Gasteiger partial charge >= 0.3 is 5.97 Å². The number of unbranched alkanes of at least 4 members (excludes halogenated alkanes) is 3. The molecule has 1 amide bonds. The summed E-state index contributed by atoms with van der Waals surface area (Å²) in [5, 5.41) is 29.8. The van der Waals surface area contributed by atoms with Gasteiger partial charge in [0.05, 0.1) is 18.2 Å². The summed E-state index contributed by atoms with van der Waals surface area (Å²) < 4.78 is 15.4. The maximum atomic E-state index is 13.6. The molecule has 30 heavy (non-hydrogen) atoms. The Hall–Kier alpha value is -2.81. The van der Waals surface area contributed by atoms with E-state index in [1.54, 1.807) is 17.8 Å². The summed E-state index contributed by atoms with van der Waals surface area (Å²) in [6, 6.07) is 3.70. The average molecular weight is 420 g/mol. The van der Waals surface area contributed by atoms with Crippen LogP contribution in [-0.4, -0.2) is 43.6 Å². The van der Waals surface area contributed by atoms with Gasteiger partial charge in [0, 0.05) is 13.1 Å². The normalized spacial score (nSPS) is 13.1. The van der Waals surface area contributed by atoms with Crippen molar-refractivity contribution in [1.82, 2.24) is 20.3 Å². The minimum Gasteiger partial charge on any atom is -0.478 e. The van der Waals surface area contributed by atoms with Gasteiger partial charge in [-0.1, -0.05) is 31.0 Å². The number of carboxylic acid groups (broad SMARTS) is 1. The second-order valence-corrected chi connectivity index (χ2v) is 7.55. The third-order valence-electron chi connectivity index (χ3n) is 5.04. The van der Waals surface area contributed by atoms with Gasteiger partial charge in [0.1, 0.15) is 17.1 Å². The van der Waals surface area contributed by atoms with Gasteiger partial charge in [0.15, 0.2) is 0 Å². The lowest BCUT2D eigenvalue weighted by molar-refractivity contribution is -0.120. The summed E-state index contributed by atoms with van der Waals surface area (Å²) in [4.78, 5) is 22.7. The molecule has 0 bridgehead atoms. The highest BCUT2D eigenvalue weighted by Gasteiger charge is 2.24. The van der Waals surface area contributed by atoms with Crippen LogP contribution in [0.4, 0.5) is 4.39 Å². The Morgan fingerprint density at radius 2 is 1.97 bits per heavy atom. The molecular formula is C21H29FN4O4. The number of nitrogens with zero attached hydrogens (tertiary/aromatic N) is 3. The van der Waals surface area contributed by atoms with Crippen molar-refractivity contribution in [3.63, 3.8) is 0 Å². The van der Waals surface area contributed by atoms with Gasteiger partial charge < -0.3 is 15.5 Å². The minimum absolute atomic E-state index is 0.00693. The molecule has 164 valence electrons. The molecule has 0 radical (unpaired) electrons. The van der Waals surface area contributed by atoms with Crippen LogP contribution >= 0.6 is 0 Å². The number of aromatic nitrogens is 3. The van der Waals surface area contributed by atoms with Gasteiger partial charge in [0.2, 0.25) is 5.91 Å². The fourth-order valence-electron chi connectivity index (χ4n) is 2.91. The van der Waals surface area contributed by atoms with Crippen molar-refractivity contribution < 1.29 is 24.2 Å². The summed E-state index contributed by atoms with van der Waals surface area (Å²) in [7, 11) is 0. The number of nitrogens with one attached hydrogen (secondary N) is 1. The first kappa shape index (κ1) is 23.5. The van der Waals surface area contributed by atoms with Crippen LogP contribution in [0.1, 0.15) is 67.6 Å². The smallest absolute Gasteiger partial charge is 0.338 e. The molecule has 0 aliphatic carbocycles. The number of aryl methyl sites for hydroxylation is 1. The van der Waals surface area contributed by atoms with Crippen LogP contribution < -0.4 is 5.32 Å². The molecule has 8 nitrogen and oxygen atoms in total. The van der Waals surface area contributed by atoms with E-state index in [1.165, 1.54) is 12.1 Å². The Morgan fingerprint density at radius 3 is 2.63 bits per heavy atom. The van der Waals surface area contributed by atoms with E-state index in [1.807, 2.05) is 6.92 Å². The van der Waals surface area contributed by atoms with Crippen LogP contribution in [0.15, 0.2) is 24.4 Å². The minimum atomic E-state index is -1.33. The third kappa shape index (κ3) is 6.91. The maximum Gasteiger partial charge on any atom is 0.338 e. The van der Waals surface area contributed by atoms with Crippen molar-refractivity contribution >= 4 is 11.9 Å². The zero-order chi connectivity index (χ0) is 22.1. The summed E-state index contributed by atoms with van der Waals surface area (Å²) in [6.07, 6.45) is 6.00. The van der Waals surface area contributed by atoms with Crippen molar-refractivity contribution in [3.8, 4) is 0 Å². The maximum absolute atomic E-state index is 13.6. The van der Waals surface area contributed by atoms with E-state index < -0.39 is 23.0 Å². The molecule has 9 heteroatoms. The lowest BCUT2D eigenvalue weighted by Crippen LogP contribution is -2.26. The number of hydrogen-bond donors (Lipinski definition) is 3. The average Bonchev–Trinajstić information content (AvgIpc) is 3.17. The van der Waals surface area contributed by atoms with Gasteiger partial charge in [-0.15, -0.1) is 5.10 Å². The summed E-state index contributed by atoms with van der Waals surface area (Å²) in [6.45, 7) is 4.86. The number of aliphatic hydroxyl groups is 1. The van der Waals surface area contributed by atoms with E-state index in [0.717, 1.165) is 38.3 Å². The van der Waals surface area contributed by atoms with E-state index in [9.17, 15) is 19.1 Å². The molecule has 1 heterocycles. The second-order valence-electron chi connectivity index (χ2n) is 7.55. The summed E-state index contributed by atoms with van der Waals surface area (Å²) in [5.41, 5.74) is -0.355. The Balaban J connectivity index is 1.60. The van der Waals surface area contributed by atoms with Crippen LogP contribution in [-0.2, 0) is 23.4 Å². The Bertz CT molecular complexity index is 866. The molecule has 1 atom stereocenters. The number of aromatic carboxylic acids is 1. The van der Waals surface area contributed by atoms with Gasteiger partial charge in [-0.25, -0.2) is 9.18 Å². The first-order valence-corrected chi connectivity index (χ1v) is 10.1. The molecule has 0 saturated heterocycles. The molecule has 2 aromatic rings. The number of carboxylic acids is 1. The van der Waals surface area contributed by atoms with Gasteiger partial charge in [0.25, 0.3) is 0 Å². The van der Waals surface area contributed by atoms with Crippen molar-refractivity contribution in [2.24, 2.45) is 0 Å². The van der Waals surface area contributed by atoms with Crippen molar-refractivity contribution in [2.45, 2.75) is 64.5 Å². The Labute approximate surface area is 175 Å². The standard InChI is InChI=1S/C21H29FN4O4/c1-3-21(2,30)18-14-26(25-24-18)11-7-5-4-6-10-23-19(27)13-15-8-9-16(20(28)29)17(22)12-15/h8-9,12,14,30H,3-7,10-11,13H2,1-2H3,(H,23,27)(H,28,29). The van der Waals surface area contributed by atoms with Crippen molar-refractivity contribution in [3.05, 3.63) is 47.0 Å². The van der Waals surface area contributed by atoms with Crippen molar-refractivity contribution in [2.75, 3.05) is 6.54 Å². The van der Waals surface area contributed by atoms with Crippen LogP contribution in [0.3, 0.4) is 0 Å². The summed E-state index contributed by atoms with van der Waals surface area (Å²) in [5.74, 6) is -2.40. The number of carbonyl (C=O) groups excluding carboxylic acids is 1. The van der Waals surface area contributed by atoms with E-state index >= 15 is 0 Å². The van der Waals surface area contributed by atoms with Crippen LogP contribution in [0.5, 0.6) is 0 Å². The van der Waals surface area contributed by atoms with Gasteiger partial charge in [-0.05, 0) is 43.9 Å². The molecule has 3 N–H and O–H groups in total. The van der Waals surface area contributed by atoms with Gasteiger partial charge in [-0.3, -0.25) is 9.48 Å². The molecule has 0 spiro atoms. The number of amides is 1. The van der Waals surface area contributed by atoms with Crippen LogP contribution in [0.2, 0.25) is 0 Å². The highest BCUT2D eigenvalue weighted by molar-refractivity contribution is 5.88. The van der Waals surface area contributed by atoms with E-state index in [4.69, 9.17) is 5.11 Å². The lowest BCUT2D eigenvalue weighted by Gasteiger charge is -2.16. The predicted octanol–water partition coefficient (Wildman–Crippen LogP) is 2.65. The van der Waals surface area contributed by atoms with Crippen LogP contribution in [0, 0.1) is 5.82 Å². The highest BCUT2D eigenvalue weighted by atomic mass is 19.1. The first-order chi connectivity index (χ1) is 14.2. The fourth-order valence-corrected chi connectivity index (χ4v) is 2.91. The third-order valence-corrected chi connectivity index (χ3v) is 5.04. The fraction of sp³-hybridized carbons (Fsp3) is 0.524. The van der Waals surface area contributed by atoms with Crippen LogP contribution in [0.25, 0.3) is 0 Å². The number of halogens is 1. The molecule has 0 aliphatic rings. The molecule has 0 aliphatic heterocycles. The molecule has 1 aromatic carbocycles. The number of benzene rings is 1. The quantitative estimate of drug-likeness (QED) is 0.455. The predicted molar refractivity (Wildman–Crippen MR) is 108 cm³/mol. The largest absolute Gasteiger partial charge is 0.478 e. The molecule has 0 saturated carbocycles. The zero-order valence-corrected chi connectivity index (χ0v) is 17.4. The number of carbonyl (C=O) groups is 2.